The lowest BCUT2D eigenvalue weighted by molar-refractivity contribution is 0.228. The number of hydrogen-bond acceptors (Lipinski definition) is 1. The van der Waals surface area contributed by atoms with Crippen molar-refractivity contribution in [1.29, 1.82) is 0 Å². The lowest BCUT2D eigenvalue weighted by Crippen LogP contribution is -2.31. The molecule has 0 N–H and O–H groups in total. The summed E-state index contributed by atoms with van der Waals surface area (Å²) in [6.45, 7) is 0. The minimum absolute atomic E-state index is 0.986. The van der Waals surface area contributed by atoms with E-state index in [4.69, 9.17) is 0 Å². The van der Waals surface area contributed by atoms with Gasteiger partial charge in [0, 0.05) is 12.1 Å². The molecule has 1 nitrogen and oxygen atoms in total. The van der Waals surface area contributed by atoms with Crippen LogP contribution < -0.4 is 0 Å². The summed E-state index contributed by atoms with van der Waals surface area (Å²) < 4.78 is 0. The van der Waals surface area contributed by atoms with Gasteiger partial charge in [-0.25, -0.2) is 0 Å². The summed E-state index contributed by atoms with van der Waals surface area (Å²) in [4.78, 5) is 2.72. The van der Waals surface area contributed by atoms with Crippen LogP contribution in [0.5, 0.6) is 0 Å². The monoisotopic (exact) mass is 165 g/mol. The van der Waals surface area contributed by atoms with Crippen LogP contribution in [0.25, 0.3) is 0 Å². The zero-order valence-corrected chi connectivity index (χ0v) is 8.00. The molecule has 0 aromatic carbocycles. The number of rotatable bonds is 0. The minimum Gasteiger partial charge on any atom is -0.300 e. The predicted octanol–water partition coefficient (Wildman–Crippen LogP) is 2.27. The smallest absolute Gasteiger partial charge is 0.0127 e. The van der Waals surface area contributed by atoms with E-state index < -0.39 is 0 Å². The third-order valence-corrected chi connectivity index (χ3v) is 4.66. The first-order valence-corrected chi connectivity index (χ1v) is 5.60. The van der Waals surface area contributed by atoms with Crippen LogP contribution >= 0.6 is 0 Å². The average molecular weight is 165 g/mol. The summed E-state index contributed by atoms with van der Waals surface area (Å²) in [5, 5.41) is 0. The van der Waals surface area contributed by atoms with Crippen LogP contribution in [-0.4, -0.2) is 24.0 Å². The Hall–Kier alpha value is -0.0400. The van der Waals surface area contributed by atoms with Gasteiger partial charge >= 0.3 is 0 Å². The maximum absolute atomic E-state index is 2.72. The van der Waals surface area contributed by atoms with Crippen LogP contribution in [0.15, 0.2) is 0 Å². The van der Waals surface area contributed by atoms with E-state index in [1.54, 1.807) is 0 Å². The van der Waals surface area contributed by atoms with Gasteiger partial charge in [0.1, 0.15) is 0 Å². The van der Waals surface area contributed by atoms with E-state index in [1.165, 1.54) is 38.5 Å². The van der Waals surface area contributed by atoms with Crippen molar-refractivity contribution in [3.05, 3.63) is 0 Å². The lowest BCUT2D eigenvalue weighted by atomic mass is 9.90. The van der Waals surface area contributed by atoms with E-state index in [-0.39, 0.29) is 0 Å². The lowest BCUT2D eigenvalue weighted by Gasteiger charge is -2.23. The van der Waals surface area contributed by atoms with Crippen LogP contribution in [0, 0.1) is 11.8 Å². The zero-order valence-electron chi connectivity index (χ0n) is 8.00. The Morgan fingerprint density at radius 3 is 1.83 bits per heavy atom. The first kappa shape index (κ1) is 7.37. The first-order valence-electron chi connectivity index (χ1n) is 5.60. The van der Waals surface area contributed by atoms with E-state index in [0.717, 1.165) is 23.9 Å². The van der Waals surface area contributed by atoms with Crippen molar-refractivity contribution in [3.63, 3.8) is 0 Å². The quantitative estimate of drug-likeness (QED) is 0.532. The van der Waals surface area contributed by atoms with Gasteiger partial charge in [0.05, 0.1) is 0 Å². The molecule has 3 aliphatic rings. The van der Waals surface area contributed by atoms with Gasteiger partial charge in [0.15, 0.2) is 0 Å². The summed E-state index contributed by atoms with van der Waals surface area (Å²) in [5.74, 6) is 2.20. The Morgan fingerprint density at radius 2 is 1.33 bits per heavy atom. The van der Waals surface area contributed by atoms with Crippen LogP contribution in [0.4, 0.5) is 0 Å². The van der Waals surface area contributed by atoms with Crippen LogP contribution in [0.3, 0.4) is 0 Å². The van der Waals surface area contributed by atoms with Gasteiger partial charge in [-0.15, -0.1) is 0 Å². The molecule has 0 unspecified atom stereocenters. The van der Waals surface area contributed by atoms with E-state index in [9.17, 15) is 0 Å². The normalized spacial score (nSPS) is 52.8. The standard InChI is InChI=1S/C11H19N/c1-12-10-6-2-4-8(10)9-5-3-7-11(9)12/h8-11H,2-7H2,1H3/t8-,9-,10-,11-/m0/s1. The van der Waals surface area contributed by atoms with Crippen molar-refractivity contribution >= 4 is 0 Å². The third kappa shape index (κ3) is 0.783. The summed E-state index contributed by atoms with van der Waals surface area (Å²) in [6, 6.07) is 1.97. The Balaban J connectivity index is 1.89. The molecule has 0 aromatic heterocycles. The summed E-state index contributed by atoms with van der Waals surface area (Å²) in [7, 11) is 2.37. The highest BCUT2D eigenvalue weighted by Crippen LogP contribution is 2.50. The molecule has 2 saturated carbocycles. The van der Waals surface area contributed by atoms with Crippen LogP contribution in [0.1, 0.15) is 38.5 Å². The fourth-order valence-corrected chi connectivity index (χ4v) is 4.19. The summed E-state index contributed by atoms with van der Waals surface area (Å²) in [6.07, 6.45) is 9.07. The highest BCUT2D eigenvalue weighted by atomic mass is 15.2. The molecular formula is C11H19N. The SMILES string of the molecule is CN1[C@H]2CCC[C@H]2[C@@H]2CCC[C@@H]21. The highest BCUT2D eigenvalue weighted by molar-refractivity contribution is 5.03. The van der Waals surface area contributed by atoms with Gasteiger partial charge in [0.2, 0.25) is 0 Å². The maximum Gasteiger partial charge on any atom is 0.0127 e. The van der Waals surface area contributed by atoms with Gasteiger partial charge in [-0.2, -0.15) is 0 Å². The Bertz CT molecular complexity index is 169. The van der Waals surface area contributed by atoms with Gasteiger partial charge in [-0.05, 0) is 44.6 Å². The first-order chi connectivity index (χ1) is 5.88. The molecule has 4 atom stereocenters. The van der Waals surface area contributed by atoms with E-state index >= 15 is 0 Å². The Morgan fingerprint density at radius 1 is 0.833 bits per heavy atom. The molecule has 0 bridgehead atoms. The summed E-state index contributed by atoms with van der Waals surface area (Å²) in [5.41, 5.74) is 0. The molecule has 1 saturated heterocycles. The molecule has 0 amide bonds. The van der Waals surface area contributed by atoms with Gasteiger partial charge in [0.25, 0.3) is 0 Å². The van der Waals surface area contributed by atoms with E-state index in [2.05, 4.69) is 11.9 Å². The molecule has 0 spiro atoms. The van der Waals surface area contributed by atoms with Crippen molar-refractivity contribution < 1.29 is 0 Å². The van der Waals surface area contributed by atoms with Crippen molar-refractivity contribution in [3.8, 4) is 0 Å². The van der Waals surface area contributed by atoms with Gasteiger partial charge < -0.3 is 0 Å². The number of nitrogens with zero attached hydrogens (tertiary/aromatic N) is 1. The molecule has 1 heteroatoms. The van der Waals surface area contributed by atoms with E-state index in [0.29, 0.717) is 0 Å². The summed E-state index contributed by atoms with van der Waals surface area (Å²) >= 11 is 0. The van der Waals surface area contributed by atoms with Crippen molar-refractivity contribution in [2.75, 3.05) is 7.05 Å². The maximum atomic E-state index is 2.72. The number of fused-ring (bicyclic) bond motifs is 3. The molecule has 1 aliphatic heterocycles. The largest absolute Gasteiger partial charge is 0.300 e. The van der Waals surface area contributed by atoms with Crippen molar-refractivity contribution in [2.45, 2.75) is 50.6 Å². The number of likely N-dealkylation sites (tertiary alicyclic amines) is 1. The molecule has 3 fully saturated rings. The Kier molecular flexibility index (Phi) is 1.52. The zero-order chi connectivity index (χ0) is 8.13. The molecule has 1 heterocycles. The molecule has 2 aliphatic carbocycles. The van der Waals surface area contributed by atoms with Gasteiger partial charge in [-0.1, -0.05) is 12.8 Å². The van der Waals surface area contributed by atoms with Crippen LogP contribution in [0.2, 0.25) is 0 Å². The second kappa shape index (κ2) is 2.47. The molecule has 12 heavy (non-hydrogen) atoms. The molecular weight excluding hydrogens is 146 g/mol. The minimum atomic E-state index is 0.986. The second-order valence-corrected chi connectivity index (χ2v) is 4.99. The topological polar surface area (TPSA) is 3.24 Å². The van der Waals surface area contributed by atoms with Crippen LogP contribution in [-0.2, 0) is 0 Å². The Labute approximate surface area is 75.1 Å². The molecule has 0 radical (unpaired) electrons. The fourth-order valence-electron chi connectivity index (χ4n) is 4.19. The van der Waals surface area contributed by atoms with Crippen molar-refractivity contribution in [1.82, 2.24) is 4.90 Å². The second-order valence-electron chi connectivity index (χ2n) is 4.99. The van der Waals surface area contributed by atoms with Crippen molar-refractivity contribution in [2.24, 2.45) is 11.8 Å². The van der Waals surface area contributed by atoms with Gasteiger partial charge in [-0.3, -0.25) is 4.90 Å². The fraction of sp³-hybridized carbons (Fsp3) is 1.00. The average Bonchev–Trinajstić information content (AvgIpc) is 2.72. The highest BCUT2D eigenvalue weighted by Gasteiger charge is 2.50. The third-order valence-electron chi connectivity index (χ3n) is 4.66. The molecule has 68 valence electrons. The number of hydrogen-bond donors (Lipinski definition) is 0. The molecule has 0 aromatic rings. The molecule has 3 rings (SSSR count). The van der Waals surface area contributed by atoms with E-state index in [1.807, 2.05) is 0 Å². The predicted molar refractivity (Wildman–Crippen MR) is 50.0 cm³/mol.